The second-order valence-corrected chi connectivity index (χ2v) is 4.21. The van der Waals surface area contributed by atoms with E-state index < -0.39 is 5.91 Å². The van der Waals surface area contributed by atoms with Crippen LogP contribution in [0.4, 0.5) is 11.5 Å². The zero-order valence-electron chi connectivity index (χ0n) is 11.0. The lowest BCUT2D eigenvalue weighted by Crippen LogP contribution is -2.16. The van der Waals surface area contributed by atoms with Crippen LogP contribution in [0.1, 0.15) is 28.7 Å². The number of benzene rings is 1. The van der Waals surface area contributed by atoms with Crippen molar-refractivity contribution in [2.24, 2.45) is 5.73 Å². The lowest BCUT2D eigenvalue weighted by molar-refractivity contribution is 0.100. The highest BCUT2D eigenvalue weighted by Gasteiger charge is 2.12. The average molecular weight is 256 g/mol. The standard InChI is InChI=1S/C14H16N4O/c1-3-12-16-8-10(13(15)19)14(18-12)17-11-7-5-4-6-9(11)2/h4-8H,3H2,1-2H3,(H2,15,19)(H,16,17,18). The van der Waals surface area contributed by atoms with Gasteiger partial charge in [-0.3, -0.25) is 4.79 Å². The van der Waals surface area contributed by atoms with Crippen LogP contribution in [0.25, 0.3) is 0 Å². The summed E-state index contributed by atoms with van der Waals surface area (Å²) in [6.45, 7) is 3.94. The Morgan fingerprint density at radius 3 is 2.74 bits per heavy atom. The first kappa shape index (κ1) is 13.0. The predicted octanol–water partition coefficient (Wildman–Crippen LogP) is 2.19. The molecule has 0 saturated carbocycles. The van der Waals surface area contributed by atoms with Gasteiger partial charge in [-0.2, -0.15) is 0 Å². The molecule has 1 aromatic carbocycles. The topological polar surface area (TPSA) is 80.9 Å². The van der Waals surface area contributed by atoms with E-state index in [1.54, 1.807) is 0 Å². The molecule has 0 radical (unpaired) electrons. The Bertz CT molecular complexity index is 610. The molecule has 3 N–H and O–H groups in total. The van der Waals surface area contributed by atoms with Crippen LogP contribution in [0.5, 0.6) is 0 Å². The Balaban J connectivity index is 2.43. The molecular formula is C14H16N4O. The third-order valence-electron chi connectivity index (χ3n) is 2.82. The molecule has 19 heavy (non-hydrogen) atoms. The summed E-state index contributed by atoms with van der Waals surface area (Å²) in [4.78, 5) is 19.8. The van der Waals surface area contributed by atoms with E-state index in [9.17, 15) is 4.79 Å². The number of para-hydroxylation sites is 1. The van der Waals surface area contributed by atoms with Crippen LogP contribution in [0.2, 0.25) is 0 Å². The fourth-order valence-corrected chi connectivity index (χ4v) is 1.71. The number of hydrogen-bond acceptors (Lipinski definition) is 4. The molecule has 5 nitrogen and oxygen atoms in total. The number of primary amides is 1. The smallest absolute Gasteiger partial charge is 0.254 e. The number of anilines is 2. The molecule has 1 heterocycles. The number of rotatable bonds is 4. The molecule has 98 valence electrons. The number of amides is 1. The molecule has 0 aliphatic carbocycles. The van der Waals surface area contributed by atoms with Gasteiger partial charge in [-0.05, 0) is 18.6 Å². The zero-order chi connectivity index (χ0) is 13.8. The summed E-state index contributed by atoms with van der Waals surface area (Å²) >= 11 is 0. The monoisotopic (exact) mass is 256 g/mol. The second kappa shape index (κ2) is 5.48. The van der Waals surface area contributed by atoms with E-state index in [0.29, 0.717) is 23.6 Å². The van der Waals surface area contributed by atoms with Gasteiger partial charge in [-0.25, -0.2) is 9.97 Å². The highest BCUT2D eigenvalue weighted by molar-refractivity contribution is 5.97. The molecule has 0 bridgehead atoms. The van der Waals surface area contributed by atoms with Crippen molar-refractivity contribution >= 4 is 17.4 Å². The van der Waals surface area contributed by atoms with Crippen LogP contribution in [0, 0.1) is 6.92 Å². The summed E-state index contributed by atoms with van der Waals surface area (Å²) in [5.74, 6) is 0.577. The van der Waals surface area contributed by atoms with Gasteiger partial charge in [-0.1, -0.05) is 25.1 Å². The van der Waals surface area contributed by atoms with Crippen LogP contribution in [-0.4, -0.2) is 15.9 Å². The maximum Gasteiger partial charge on any atom is 0.254 e. The van der Waals surface area contributed by atoms with E-state index in [-0.39, 0.29) is 0 Å². The molecule has 5 heteroatoms. The number of hydrogen-bond donors (Lipinski definition) is 2. The Morgan fingerprint density at radius 2 is 2.11 bits per heavy atom. The van der Waals surface area contributed by atoms with E-state index in [2.05, 4.69) is 15.3 Å². The highest BCUT2D eigenvalue weighted by Crippen LogP contribution is 2.21. The van der Waals surface area contributed by atoms with Gasteiger partial charge in [0.25, 0.3) is 5.91 Å². The molecule has 2 rings (SSSR count). The third kappa shape index (κ3) is 2.88. The Morgan fingerprint density at radius 1 is 1.37 bits per heavy atom. The maximum atomic E-state index is 11.4. The summed E-state index contributed by atoms with van der Waals surface area (Å²) in [6, 6.07) is 7.77. The molecule has 0 aliphatic heterocycles. The molecule has 0 aliphatic rings. The summed E-state index contributed by atoms with van der Waals surface area (Å²) in [7, 11) is 0. The molecule has 2 aromatic rings. The molecular weight excluding hydrogens is 240 g/mol. The highest BCUT2D eigenvalue weighted by atomic mass is 16.1. The van der Waals surface area contributed by atoms with E-state index in [1.165, 1.54) is 6.20 Å². The number of nitrogens with one attached hydrogen (secondary N) is 1. The zero-order valence-corrected chi connectivity index (χ0v) is 11.0. The molecule has 0 fully saturated rings. The molecule has 0 unspecified atom stereocenters. The van der Waals surface area contributed by atoms with Crippen molar-refractivity contribution in [3.8, 4) is 0 Å². The first-order valence-corrected chi connectivity index (χ1v) is 6.10. The van der Waals surface area contributed by atoms with Crippen LogP contribution < -0.4 is 11.1 Å². The summed E-state index contributed by atoms with van der Waals surface area (Å²) in [5.41, 5.74) is 7.59. The molecule has 1 amide bonds. The Hall–Kier alpha value is -2.43. The fourth-order valence-electron chi connectivity index (χ4n) is 1.71. The van der Waals surface area contributed by atoms with Crippen LogP contribution in [-0.2, 0) is 6.42 Å². The largest absolute Gasteiger partial charge is 0.365 e. The second-order valence-electron chi connectivity index (χ2n) is 4.21. The quantitative estimate of drug-likeness (QED) is 0.878. The molecule has 0 spiro atoms. The normalized spacial score (nSPS) is 10.2. The molecule has 1 aromatic heterocycles. The SMILES string of the molecule is CCc1ncc(C(N)=O)c(Nc2ccccc2C)n1. The summed E-state index contributed by atoms with van der Waals surface area (Å²) in [5, 5.41) is 3.14. The average Bonchev–Trinajstić information content (AvgIpc) is 2.41. The van der Waals surface area contributed by atoms with Gasteiger partial charge >= 0.3 is 0 Å². The van der Waals surface area contributed by atoms with Crippen molar-refractivity contribution in [3.05, 3.63) is 47.4 Å². The Kier molecular flexibility index (Phi) is 3.75. The van der Waals surface area contributed by atoms with Crippen LogP contribution in [0.3, 0.4) is 0 Å². The Labute approximate surface area is 111 Å². The lowest BCUT2D eigenvalue weighted by atomic mass is 10.2. The predicted molar refractivity (Wildman–Crippen MR) is 74.4 cm³/mol. The van der Waals surface area contributed by atoms with Gasteiger partial charge in [0, 0.05) is 18.3 Å². The minimum absolute atomic E-state index is 0.292. The van der Waals surface area contributed by atoms with Gasteiger partial charge in [0.05, 0.1) is 0 Å². The van der Waals surface area contributed by atoms with Crippen molar-refractivity contribution < 1.29 is 4.79 Å². The number of carbonyl (C=O) groups is 1. The van der Waals surface area contributed by atoms with E-state index in [0.717, 1.165) is 11.3 Å². The summed E-state index contributed by atoms with van der Waals surface area (Å²) < 4.78 is 0. The van der Waals surface area contributed by atoms with Crippen molar-refractivity contribution in [3.63, 3.8) is 0 Å². The minimum atomic E-state index is -0.543. The number of aromatic nitrogens is 2. The molecule has 0 atom stereocenters. The van der Waals surface area contributed by atoms with Crippen molar-refractivity contribution in [2.75, 3.05) is 5.32 Å². The maximum absolute atomic E-state index is 11.4. The van der Waals surface area contributed by atoms with Gasteiger partial charge in [0.1, 0.15) is 17.2 Å². The van der Waals surface area contributed by atoms with E-state index in [1.807, 2.05) is 38.1 Å². The van der Waals surface area contributed by atoms with E-state index >= 15 is 0 Å². The van der Waals surface area contributed by atoms with Crippen LogP contribution >= 0.6 is 0 Å². The number of carbonyl (C=O) groups excluding carboxylic acids is 1. The fraction of sp³-hybridized carbons (Fsp3) is 0.214. The van der Waals surface area contributed by atoms with Gasteiger partial charge < -0.3 is 11.1 Å². The lowest BCUT2D eigenvalue weighted by Gasteiger charge is -2.11. The molecule has 0 saturated heterocycles. The number of aryl methyl sites for hydroxylation is 2. The first-order valence-electron chi connectivity index (χ1n) is 6.10. The van der Waals surface area contributed by atoms with Crippen LogP contribution in [0.15, 0.2) is 30.5 Å². The number of nitrogens with zero attached hydrogens (tertiary/aromatic N) is 2. The van der Waals surface area contributed by atoms with Crippen molar-refractivity contribution in [1.29, 1.82) is 0 Å². The number of nitrogens with two attached hydrogens (primary N) is 1. The third-order valence-corrected chi connectivity index (χ3v) is 2.82. The van der Waals surface area contributed by atoms with Crippen molar-refractivity contribution in [1.82, 2.24) is 9.97 Å². The van der Waals surface area contributed by atoms with Gasteiger partial charge in [-0.15, -0.1) is 0 Å². The summed E-state index contributed by atoms with van der Waals surface area (Å²) in [6.07, 6.45) is 2.16. The van der Waals surface area contributed by atoms with E-state index in [4.69, 9.17) is 5.73 Å². The van der Waals surface area contributed by atoms with Gasteiger partial charge in [0.15, 0.2) is 0 Å². The minimum Gasteiger partial charge on any atom is -0.365 e. The van der Waals surface area contributed by atoms with Crippen molar-refractivity contribution in [2.45, 2.75) is 20.3 Å². The van der Waals surface area contributed by atoms with Gasteiger partial charge in [0.2, 0.25) is 0 Å². The first-order chi connectivity index (χ1) is 9.11.